The molecular weight excluding hydrogens is 184 g/mol. The van der Waals surface area contributed by atoms with Gasteiger partial charge in [0.25, 0.3) is 0 Å². The zero-order valence-corrected chi connectivity index (χ0v) is 8.76. The molecule has 0 amide bonds. The number of aryl methyl sites for hydroxylation is 1. The number of hydrogen-bond acceptors (Lipinski definition) is 2. The van der Waals surface area contributed by atoms with Gasteiger partial charge in [-0.2, -0.15) is 0 Å². The Morgan fingerprint density at radius 2 is 1.92 bits per heavy atom. The van der Waals surface area contributed by atoms with E-state index in [2.05, 4.69) is 0 Å². The van der Waals surface area contributed by atoms with E-state index in [0.29, 0.717) is 12.4 Å². The summed E-state index contributed by atoms with van der Waals surface area (Å²) in [6, 6.07) is 7.75. The molecule has 1 aromatic rings. The molecule has 1 aromatic carbocycles. The molecule has 0 bridgehead atoms. The molecule has 0 saturated heterocycles. The molecule has 0 saturated carbocycles. The summed E-state index contributed by atoms with van der Waals surface area (Å²) in [5.74, 6) is 0.569. The van der Waals surface area contributed by atoms with Gasteiger partial charge in [-0.1, -0.05) is 17.7 Å². The van der Waals surface area contributed by atoms with Crippen molar-refractivity contribution in [2.75, 3.05) is 19.5 Å². The molecular formula is C10H14O2S. The Kier molecular flexibility index (Phi) is 4.12. The van der Waals surface area contributed by atoms with Crippen LogP contribution in [0.15, 0.2) is 29.2 Å². The summed E-state index contributed by atoms with van der Waals surface area (Å²) >= 11 is 0. The normalized spacial score (nSPS) is 12.8. The van der Waals surface area contributed by atoms with Gasteiger partial charge in [-0.25, -0.2) is 0 Å². The summed E-state index contributed by atoms with van der Waals surface area (Å²) in [6.07, 6.45) is 0. The predicted molar refractivity (Wildman–Crippen MR) is 54.3 cm³/mol. The van der Waals surface area contributed by atoms with Crippen LogP contribution in [-0.4, -0.2) is 23.7 Å². The van der Waals surface area contributed by atoms with Crippen LogP contribution in [0.25, 0.3) is 0 Å². The Balaban J connectivity index is 2.61. The molecule has 1 atom stereocenters. The standard InChI is InChI=1S/C10H14O2S/c1-9-3-5-10(6-4-9)13(11)8-7-12-2/h3-6H,7-8H2,1-2H3. The van der Waals surface area contributed by atoms with Crippen molar-refractivity contribution < 1.29 is 8.95 Å². The van der Waals surface area contributed by atoms with Crippen molar-refractivity contribution in [1.29, 1.82) is 0 Å². The van der Waals surface area contributed by atoms with E-state index in [9.17, 15) is 4.21 Å². The van der Waals surface area contributed by atoms with Crippen LogP contribution in [0, 0.1) is 6.92 Å². The molecule has 0 aliphatic carbocycles. The molecule has 0 aromatic heterocycles. The van der Waals surface area contributed by atoms with Crippen LogP contribution >= 0.6 is 0 Å². The second-order valence-electron chi connectivity index (χ2n) is 2.86. The number of benzene rings is 1. The fraction of sp³-hybridized carbons (Fsp3) is 0.400. The Morgan fingerprint density at radius 1 is 1.31 bits per heavy atom. The smallest absolute Gasteiger partial charge is 0.0581 e. The van der Waals surface area contributed by atoms with Crippen LogP contribution in [0.2, 0.25) is 0 Å². The fourth-order valence-electron chi connectivity index (χ4n) is 0.967. The van der Waals surface area contributed by atoms with Gasteiger partial charge in [0.15, 0.2) is 0 Å². The van der Waals surface area contributed by atoms with Crippen LogP contribution in [0.1, 0.15) is 5.56 Å². The van der Waals surface area contributed by atoms with Gasteiger partial charge in [0.1, 0.15) is 0 Å². The van der Waals surface area contributed by atoms with Crippen molar-refractivity contribution in [2.45, 2.75) is 11.8 Å². The first kappa shape index (κ1) is 10.4. The van der Waals surface area contributed by atoms with Gasteiger partial charge in [0.2, 0.25) is 0 Å². The monoisotopic (exact) mass is 198 g/mol. The summed E-state index contributed by atoms with van der Waals surface area (Å²) in [5.41, 5.74) is 1.19. The van der Waals surface area contributed by atoms with Crippen LogP contribution in [0.4, 0.5) is 0 Å². The Labute approximate surface area is 81.4 Å². The largest absolute Gasteiger partial charge is 0.384 e. The molecule has 1 rings (SSSR count). The van der Waals surface area contributed by atoms with Crippen LogP contribution < -0.4 is 0 Å². The van der Waals surface area contributed by atoms with Gasteiger partial charge >= 0.3 is 0 Å². The lowest BCUT2D eigenvalue weighted by Gasteiger charge is -2.01. The third-order valence-corrected chi connectivity index (χ3v) is 3.09. The first-order chi connectivity index (χ1) is 6.24. The van der Waals surface area contributed by atoms with E-state index in [1.54, 1.807) is 7.11 Å². The molecule has 0 aliphatic heterocycles. The van der Waals surface area contributed by atoms with Crippen LogP contribution in [0.5, 0.6) is 0 Å². The first-order valence-corrected chi connectivity index (χ1v) is 5.50. The molecule has 13 heavy (non-hydrogen) atoms. The second kappa shape index (κ2) is 5.14. The van der Waals surface area contributed by atoms with Crippen LogP contribution in [0.3, 0.4) is 0 Å². The molecule has 0 heterocycles. The lowest BCUT2D eigenvalue weighted by Crippen LogP contribution is -2.04. The van der Waals surface area contributed by atoms with E-state index in [-0.39, 0.29) is 0 Å². The van der Waals surface area contributed by atoms with Crippen molar-refractivity contribution in [3.63, 3.8) is 0 Å². The average molecular weight is 198 g/mol. The summed E-state index contributed by atoms with van der Waals surface area (Å²) in [7, 11) is 0.701. The minimum absolute atomic E-state index is 0.542. The minimum Gasteiger partial charge on any atom is -0.384 e. The summed E-state index contributed by atoms with van der Waals surface area (Å²) in [4.78, 5) is 0.877. The topological polar surface area (TPSA) is 26.3 Å². The van der Waals surface area contributed by atoms with E-state index in [0.717, 1.165) is 4.90 Å². The average Bonchev–Trinajstić information content (AvgIpc) is 2.15. The van der Waals surface area contributed by atoms with Crippen molar-refractivity contribution in [3.05, 3.63) is 29.8 Å². The maximum atomic E-state index is 11.5. The molecule has 0 radical (unpaired) electrons. The fourth-order valence-corrected chi connectivity index (χ4v) is 1.96. The number of methoxy groups -OCH3 is 1. The summed E-state index contributed by atoms with van der Waals surface area (Å²) in [5, 5.41) is 0. The van der Waals surface area contributed by atoms with Crippen LogP contribution in [-0.2, 0) is 15.5 Å². The molecule has 1 unspecified atom stereocenters. The third kappa shape index (κ3) is 3.28. The second-order valence-corrected chi connectivity index (χ2v) is 4.43. The van der Waals surface area contributed by atoms with Crippen molar-refractivity contribution in [1.82, 2.24) is 0 Å². The van der Waals surface area contributed by atoms with Crippen molar-refractivity contribution >= 4 is 10.8 Å². The van der Waals surface area contributed by atoms with Gasteiger partial charge < -0.3 is 4.74 Å². The van der Waals surface area contributed by atoms with Gasteiger partial charge in [-0.05, 0) is 19.1 Å². The van der Waals surface area contributed by atoms with Gasteiger partial charge in [-0.15, -0.1) is 0 Å². The maximum absolute atomic E-state index is 11.5. The highest BCUT2D eigenvalue weighted by molar-refractivity contribution is 7.85. The predicted octanol–water partition coefficient (Wildman–Crippen LogP) is 1.75. The lowest BCUT2D eigenvalue weighted by atomic mass is 10.2. The zero-order chi connectivity index (χ0) is 9.68. The molecule has 2 nitrogen and oxygen atoms in total. The molecule has 3 heteroatoms. The summed E-state index contributed by atoms with van der Waals surface area (Å²) in [6.45, 7) is 2.56. The molecule has 0 fully saturated rings. The van der Waals surface area contributed by atoms with E-state index < -0.39 is 10.8 Å². The quantitative estimate of drug-likeness (QED) is 0.736. The highest BCUT2D eigenvalue weighted by atomic mass is 32.2. The molecule has 0 spiro atoms. The van der Waals surface area contributed by atoms with Gasteiger partial charge in [-0.3, -0.25) is 4.21 Å². The molecule has 0 N–H and O–H groups in total. The van der Waals surface area contributed by atoms with Crippen molar-refractivity contribution in [2.24, 2.45) is 0 Å². The van der Waals surface area contributed by atoms with E-state index in [4.69, 9.17) is 4.74 Å². The number of rotatable bonds is 4. The highest BCUT2D eigenvalue weighted by Gasteiger charge is 2.01. The Morgan fingerprint density at radius 3 is 2.46 bits per heavy atom. The number of hydrogen-bond donors (Lipinski definition) is 0. The van der Waals surface area contributed by atoms with E-state index in [1.807, 2.05) is 31.2 Å². The van der Waals surface area contributed by atoms with Gasteiger partial charge in [0, 0.05) is 12.0 Å². The lowest BCUT2D eigenvalue weighted by molar-refractivity contribution is 0.218. The minimum atomic E-state index is -0.917. The van der Waals surface area contributed by atoms with E-state index in [1.165, 1.54) is 5.56 Å². The number of ether oxygens (including phenoxy) is 1. The van der Waals surface area contributed by atoms with E-state index >= 15 is 0 Å². The highest BCUT2D eigenvalue weighted by Crippen LogP contribution is 2.07. The maximum Gasteiger partial charge on any atom is 0.0581 e. The van der Waals surface area contributed by atoms with Gasteiger partial charge in [0.05, 0.1) is 23.2 Å². The zero-order valence-electron chi connectivity index (χ0n) is 7.95. The SMILES string of the molecule is COCCS(=O)c1ccc(C)cc1. The molecule has 0 aliphatic rings. The molecule has 72 valence electrons. The Hall–Kier alpha value is -0.670. The summed E-state index contributed by atoms with van der Waals surface area (Å²) < 4.78 is 16.4. The third-order valence-electron chi connectivity index (χ3n) is 1.76. The Bertz CT molecular complexity index is 279. The van der Waals surface area contributed by atoms with Crippen molar-refractivity contribution in [3.8, 4) is 0 Å². The first-order valence-electron chi connectivity index (χ1n) is 4.18.